The van der Waals surface area contributed by atoms with Crippen molar-refractivity contribution in [2.45, 2.75) is 70.9 Å². The van der Waals surface area contributed by atoms with Crippen LogP contribution in [0.5, 0.6) is 0 Å². The summed E-state index contributed by atoms with van der Waals surface area (Å²) in [5, 5.41) is 5.64. The molecule has 122 valence electrons. The van der Waals surface area contributed by atoms with Crippen LogP contribution in [-0.2, 0) is 0 Å². The van der Waals surface area contributed by atoms with Gasteiger partial charge >= 0.3 is 6.03 Å². The van der Waals surface area contributed by atoms with Gasteiger partial charge in [-0.15, -0.1) is 11.3 Å². The molecular weight excluding hydrogens is 294 g/mol. The summed E-state index contributed by atoms with van der Waals surface area (Å²) in [5.74, 6) is 1.43. The van der Waals surface area contributed by atoms with Gasteiger partial charge in [-0.25, -0.2) is 9.78 Å². The number of hydrogen-bond donors (Lipinski definition) is 1. The lowest BCUT2D eigenvalue weighted by molar-refractivity contribution is 0.103. The molecule has 1 aromatic rings. The minimum absolute atomic E-state index is 0.0631. The highest BCUT2D eigenvalue weighted by molar-refractivity contribution is 7.13. The van der Waals surface area contributed by atoms with E-state index < -0.39 is 0 Å². The van der Waals surface area contributed by atoms with Crippen molar-refractivity contribution in [2.75, 3.05) is 5.32 Å². The molecule has 2 aliphatic carbocycles. The molecule has 2 fully saturated rings. The largest absolute Gasteiger partial charge is 0.324 e. The van der Waals surface area contributed by atoms with Crippen LogP contribution in [0.4, 0.5) is 9.93 Å². The molecule has 0 aliphatic heterocycles. The van der Waals surface area contributed by atoms with Gasteiger partial charge in [-0.1, -0.05) is 26.7 Å². The number of carbonyl (C=O) groups is 1. The number of hydrogen-bond acceptors (Lipinski definition) is 3. The van der Waals surface area contributed by atoms with Crippen LogP contribution in [0.3, 0.4) is 0 Å². The van der Waals surface area contributed by atoms with E-state index in [1.807, 2.05) is 5.38 Å². The van der Waals surface area contributed by atoms with Gasteiger partial charge in [0.05, 0.1) is 0 Å². The summed E-state index contributed by atoms with van der Waals surface area (Å²) in [7, 11) is 0. The zero-order chi connectivity index (χ0) is 15.5. The van der Waals surface area contributed by atoms with Gasteiger partial charge in [0, 0.05) is 23.7 Å². The fraction of sp³-hybridized carbons (Fsp3) is 0.765. The Bertz CT molecular complexity index is 474. The molecule has 3 rings (SSSR count). The number of rotatable bonds is 3. The molecule has 1 aromatic heterocycles. The van der Waals surface area contributed by atoms with Crippen LogP contribution >= 0.6 is 11.3 Å². The number of urea groups is 1. The second kappa shape index (κ2) is 6.99. The molecule has 2 saturated carbocycles. The van der Waals surface area contributed by atoms with Crippen LogP contribution in [0, 0.1) is 11.8 Å². The number of carbonyl (C=O) groups excluding carboxylic acids is 1. The van der Waals surface area contributed by atoms with E-state index in [1.54, 1.807) is 6.20 Å². The second-order valence-electron chi connectivity index (χ2n) is 7.18. The van der Waals surface area contributed by atoms with Crippen molar-refractivity contribution in [2.24, 2.45) is 11.8 Å². The molecular formula is C17H27N3OS. The van der Waals surface area contributed by atoms with Crippen molar-refractivity contribution in [3.8, 4) is 0 Å². The number of anilines is 1. The molecule has 22 heavy (non-hydrogen) atoms. The molecule has 0 bridgehead atoms. The van der Waals surface area contributed by atoms with E-state index in [1.165, 1.54) is 30.6 Å². The average molecular weight is 321 g/mol. The predicted molar refractivity (Wildman–Crippen MR) is 91.2 cm³/mol. The average Bonchev–Trinajstić information content (AvgIpc) is 3.11. The summed E-state index contributed by atoms with van der Waals surface area (Å²) in [5.41, 5.74) is 0. The lowest BCUT2D eigenvalue weighted by Crippen LogP contribution is -2.50. The molecule has 3 atom stereocenters. The Morgan fingerprint density at radius 1 is 1.18 bits per heavy atom. The van der Waals surface area contributed by atoms with Gasteiger partial charge in [0.1, 0.15) is 0 Å². The minimum Gasteiger partial charge on any atom is -0.318 e. The highest BCUT2D eigenvalue weighted by atomic mass is 32.1. The summed E-state index contributed by atoms with van der Waals surface area (Å²) in [6.07, 6.45) is 10.1. The minimum atomic E-state index is 0.0631. The maximum absolute atomic E-state index is 12.9. The Balaban J connectivity index is 1.75. The van der Waals surface area contributed by atoms with E-state index in [4.69, 9.17) is 0 Å². The van der Waals surface area contributed by atoms with E-state index >= 15 is 0 Å². The van der Waals surface area contributed by atoms with Crippen molar-refractivity contribution in [3.63, 3.8) is 0 Å². The van der Waals surface area contributed by atoms with Crippen LogP contribution in [0.2, 0.25) is 0 Å². The maximum atomic E-state index is 12.9. The smallest absolute Gasteiger partial charge is 0.318 e. The van der Waals surface area contributed by atoms with E-state index in [0.717, 1.165) is 25.7 Å². The molecule has 1 heterocycles. The molecule has 2 aliphatic rings. The number of thiazole rings is 1. The fourth-order valence-electron chi connectivity index (χ4n) is 4.39. The van der Waals surface area contributed by atoms with Crippen molar-refractivity contribution in [3.05, 3.63) is 11.6 Å². The van der Waals surface area contributed by atoms with Crippen molar-refractivity contribution >= 4 is 22.5 Å². The molecule has 4 nitrogen and oxygen atoms in total. The van der Waals surface area contributed by atoms with Gasteiger partial charge in [0.2, 0.25) is 0 Å². The zero-order valence-electron chi connectivity index (χ0n) is 13.6. The molecule has 0 spiro atoms. The quantitative estimate of drug-likeness (QED) is 0.873. The predicted octanol–water partition coefficient (Wildman–Crippen LogP) is 4.74. The fourth-order valence-corrected chi connectivity index (χ4v) is 4.90. The number of aromatic nitrogens is 1. The van der Waals surface area contributed by atoms with E-state index in [0.29, 0.717) is 29.1 Å². The number of nitrogens with zero attached hydrogens (tertiary/aromatic N) is 2. The van der Waals surface area contributed by atoms with E-state index in [-0.39, 0.29) is 6.03 Å². The Morgan fingerprint density at radius 3 is 2.45 bits per heavy atom. The standard InChI is InChI=1S/C17H27N3OS/c1-12-9-13(2)11-15(10-12)20(14-5-3-4-6-14)17(21)19-16-18-7-8-22-16/h7-8,12-15H,3-6,9-11H2,1-2H3,(H,18,19,21)/t12-,13+,15?. The molecule has 1 unspecified atom stereocenters. The highest BCUT2D eigenvalue weighted by Gasteiger charge is 2.36. The van der Waals surface area contributed by atoms with Crippen molar-refractivity contribution in [1.29, 1.82) is 0 Å². The first-order valence-electron chi connectivity index (χ1n) is 8.62. The Kier molecular flexibility index (Phi) is 5.01. The SMILES string of the molecule is C[C@@H]1CC(N(C(=O)Nc2nccs2)C2CCCC2)C[C@H](C)C1. The first-order valence-corrected chi connectivity index (χ1v) is 9.50. The zero-order valence-corrected chi connectivity index (χ0v) is 14.4. The summed E-state index contributed by atoms with van der Waals surface area (Å²) in [6.45, 7) is 4.66. The Hall–Kier alpha value is -1.10. The van der Waals surface area contributed by atoms with Gasteiger partial charge in [-0.3, -0.25) is 5.32 Å². The van der Waals surface area contributed by atoms with E-state index in [2.05, 4.69) is 29.0 Å². The van der Waals surface area contributed by atoms with Gasteiger partial charge in [0.15, 0.2) is 5.13 Å². The third-order valence-electron chi connectivity index (χ3n) is 5.15. The van der Waals surface area contributed by atoms with Crippen LogP contribution in [0.25, 0.3) is 0 Å². The van der Waals surface area contributed by atoms with Crippen LogP contribution in [0.15, 0.2) is 11.6 Å². The van der Waals surface area contributed by atoms with Crippen LogP contribution in [-0.4, -0.2) is 28.0 Å². The molecule has 5 heteroatoms. The monoisotopic (exact) mass is 321 g/mol. The third-order valence-corrected chi connectivity index (χ3v) is 5.83. The lowest BCUT2D eigenvalue weighted by Gasteiger charge is -2.42. The summed E-state index contributed by atoms with van der Waals surface area (Å²) in [4.78, 5) is 19.3. The highest BCUT2D eigenvalue weighted by Crippen LogP contribution is 2.36. The molecule has 0 aromatic carbocycles. The first-order chi connectivity index (χ1) is 10.6. The maximum Gasteiger partial charge on any atom is 0.324 e. The normalized spacial score (nSPS) is 29.5. The van der Waals surface area contributed by atoms with Crippen LogP contribution < -0.4 is 5.32 Å². The second-order valence-corrected chi connectivity index (χ2v) is 8.08. The van der Waals surface area contributed by atoms with Gasteiger partial charge in [0.25, 0.3) is 0 Å². The third kappa shape index (κ3) is 3.62. The van der Waals surface area contributed by atoms with Crippen molar-refractivity contribution < 1.29 is 4.79 Å². The summed E-state index contributed by atoms with van der Waals surface area (Å²) in [6, 6.07) is 0.873. The van der Waals surface area contributed by atoms with Gasteiger partial charge in [-0.05, 0) is 43.9 Å². The molecule has 0 saturated heterocycles. The van der Waals surface area contributed by atoms with Gasteiger partial charge in [-0.2, -0.15) is 0 Å². The summed E-state index contributed by atoms with van der Waals surface area (Å²) >= 11 is 1.49. The number of amides is 2. The number of nitrogens with one attached hydrogen (secondary N) is 1. The Labute approximate surface area is 137 Å². The van der Waals surface area contributed by atoms with Crippen molar-refractivity contribution in [1.82, 2.24) is 9.88 Å². The molecule has 1 N–H and O–H groups in total. The molecule has 2 amide bonds. The lowest BCUT2D eigenvalue weighted by atomic mass is 9.79. The van der Waals surface area contributed by atoms with Crippen LogP contribution in [0.1, 0.15) is 58.8 Å². The topological polar surface area (TPSA) is 45.2 Å². The van der Waals surface area contributed by atoms with Gasteiger partial charge < -0.3 is 4.90 Å². The Morgan fingerprint density at radius 2 is 1.86 bits per heavy atom. The first kappa shape index (κ1) is 15.8. The summed E-state index contributed by atoms with van der Waals surface area (Å²) < 4.78 is 0. The molecule has 0 radical (unpaired) electrons. The van der Waals surface area contributed by atoms with E-state index in [9.17, 15) is 4.79 Å².